The molecule has 0 unspecified atom stereocenters. The molecule has 0 spiro atoms. The predicted molar refractivity (Wildman–Crippen MR) is 77.4 cm³/mol. The van der Waals surface area contributed by atoms with E-state index in [0.29, 0.717) is 6.61 Å². The van der Waals surface area contributed by atoms with Gasteiger partial charge in [0, 0.05) is 13.4 Å². The van der Waals surface area contributed by atoms with Crippen LogP contribution in [0.25, 0.3) is 0 Å². The number of hydrogen-bond donors (Lipinski definition) is 1. The summed E-state index contributed by atoms with van der Waals surface area (Å²) in [5.41, 5.74) is 0.335. The summed E-state index contributed by atoms with van der Waals surface area (Å²) in [7, 11) is -1.62. The van der Waals surface area contributed by atoms with E-state index in [1.165, 1.54) is 12.1 Å². The van der Waals surface area contributed by atoms with Crippen molar-refractivity contribution in [2.24, 2.45) is 0 Å². The van der Waals surface area contributed by atoms with Crippen molar-refractivity contribution in [1.82, 2.24) is 5.32 Å². The number of ether oxygens (including phenoxy) is 1. The molecule has 1 aromatic rings. The van der Waals surface area contributed by atoms with Crippen LogP contribution in [-0.4, -0.2) is 39.8 Å². The van der Waals surface area contributed by atoms with E-state index in [1.807, 2.05) is 13.8 Å². The fourth-order valence-corrected chi connectivity index (χ4v) is 2.49. The van der Waals surface area contributed by atoms with E-state index in [2.05, 4.69) is 5.32 Å². The summed E-state index contributed by atoms with van der Waals surface area (Å²) in [6, 6.07) is 6.33. The van der Waals surface area contributed by atoms with Crippen molar-refractivity contribution in [3.63, 3.8) is 0 Å². The molecule has 1 aromatic carbocycles. The zero-order valence-electron chi connectivity index (χ0n) is 12.3. The van der Waals surface area contributed by atoms with Gasteiger partial charge in [-0.1, -0.05) is 12.1 Å². The highest BCUT2D eigenvalue weighted by Crippen LogP contribution is 2.11. The third-order valence-electron chi connectivity index (χ3n) is 2.70. The SMILES string of the molecule is COCC(C)(C)NC(=O)Cc1ccc(S(C)(=O)=O)cc1. The molecule has 1 N–H and O–H groups in total. The average Bonchev–Trinajstić information content (AvgIpc) is 2.27. The maximum Gasteiger partial charge on any atom is 0.224 e. The zero-order chi connectivity index (χ0) is 15.4. The van der Waals surface area contributed by atoms with E-state index in [9.17, 15) is 13.2 Å². The van der Waals surface area contributed by atoms with Crippen LogP contribution in [0.5, 0.6) is 0 Å². The van der Waals surface area contributed by atoms with Crippen molar-refractivity contribution in [3.8, 4) is 0 Å². The average molecular weight is 299 g/mol. The Kier molecular flexibility index (Phi) is 5.30. The first-order valence-corrected chi connectivity index (χ1v) is 8.12. The second-order valence-corrected chi connectivity index (χ2v) is 7.47. The van der Waals surface area contributed by atoms with Gasteiger partial charge in [-0.15, -0.1) is 0 Å². The van der Waals surface area contributed by atoms with Crippen LogP contribution in [0.4, 0.5) is 0 Å². The molecular weight excluding hydrogens is 278 g/mol. The number of nitrogens with one attached hydrogen (secondary N) is 1. The summed E-state index contributed by atoms with van der Waals surface area (Å²) in [6.07, 6.45) is 1.36. The number of amides is 1. The molecule has 6 heteroatoms. The summed E-state index contributed by atoms with van der Waals surface area (Å²) in [5.74, 6) is -0.126. The monoisotopic (exact) mass is 299 g/mol. The van der Waals surface area contributed by atoms with E-state index >= 15 is 0 Å². The Morgan fingerprint density at radius 1 is 1.25 bits per heavy atom. The molecule has 0 atom stereocenters. The standard InChI is InChI=1S/C14H21NO4S/c1-14(2,10-19-3)15-13(16)9-11-5-7-12(8-6-11)20(4,17)18/h5-8H,9-10H2,1-4H3,(H,15,16). The van der Waals surface area contributed by atoms with Crippen LogP contribution in [0.2, 0.25) is 0 Å². The lowest BCUT2D eigenvalue weighted by Crippen LogP contribution is -2.47. The Bertz CT molecular complexity index is 561. The first kappa shape index (κ1) is 16.7. The predicted octanol–water partition coefficient (Wildman–Crippen LogP) is 1.17. The van der Waals surface area contributed by atoms with Gasteiger partial charge in [-0.05, 0) is 31.5 Å². The molecule has 0 aliphatic heterocycles. The van der Waals surface area contributed by atoms with Crippen LogP contribution < -0.4 is 5.32 Å². The molecule has 1 amide bonds. The molecule has 5 nitrogen and oxygen atoms in total. The van der Waals surface area contributed by atoms with Gasteiger partial charge >= 0.3 is 0 Å². The molecule has 0 saturated carbocycles. The molecule has 0 aliphatic carbocycles. The zero-order valence-corrected chi connectivity index (χ0v) is 13.1. The Morgan fingerprint density at radius 2 is 1.80 bits per heavy atom. The molecule has 0 aromatic heterocycles. The lowest BCUT2D eigenvalue weighted by atomic mass is 10.1. The number of methoxy groups -OCH3 is 1. The van der Waals surface area contributed by atoms with Crippen molar-refractivity contribution in [3.05, 3.63) is 29.8 Å². The van der Waals surface area contributed by atoms with Crippen molar-refractivity contribution in [2.75, 3.05) is 20.0 Å². The van der Waals surface area contributed by atoms with Crippen LogP contribution in [-0.2, 0) is 25.8 Å². The summed E-state index contributed by atoms with van der Waals surface area (Å²) >= 11 is 0. The van der Waals surface area contributed by atoms with Crippen LogP contribution in [0.1, 0.15) is 19.4 Å². The highest BCUT2D eigenvalue weighted by Gasteiger charge is 2.20. The summed E-state index contributed by atoms with van der Waals surface area (Å²) in [4.78, 5) is 12.2. The van der Waals surface area contributed by atoms with E-state index in [0.717, 1.165) is 11.8 Å². The molecule has 0 bridgehead atoms. The smallest absolute Gasteiger partial charge is 0.224 e. The minimum Gasteiger partial charge on any atom is -0.382 e. The summed E-state index contributed by atoms with van der Waals surface area (Å²) in [6.45, 7) is 4.17. The van der Waals surface area contributed by atoms with Gasteiger partial charge in [-0.25, -0.2) is 8.42 Å². The Balaban J connectivity index is 2.68. The minimum atomic E-state index is -3.20. The van der Waals surface area contributed by atoms with Crippen LogP contribution in [0, 0.1) is 0 Å². The first-order chi connectivity index (χ1) is 9.14. The molecule has 1 rings (SSSR count). The van der Waals surface area contributed by atoms with E-state index in [-0.39, 0.29) is 17.2 Å². The largest absolute Gasteiger partial charge is 0.382 e. The second kappa shape index (κ2) is 6.37. The number of carbonyl (C=O) groups excluding carboxylic acids is 1. The molecular formula is C14H21NO4S. The van der Waals surface area contributed by atoms with Gasteiger partial charge < -0.3 is 10.1 Å². The summed E-state index contributed by atoms with van der Waals surface area (Å²) < 4.78 is 27.7. The van der Waals surface area contributed by atoms with Crippen LogP contribution >= 0.6 is 0 Å². The highest BCUT2D eigenvalue weighted by atomic mass is 32.2. The lowest BCUT2D eigenvalue weighted by Gasteiger charge is -2.25. The number of sulfone groups is 1. The maximum absolute atomic E-state index is 11.9. The lowest BCUT2D eigenvalue weighted by molar-refractivity contribution is -0.122. The Morgan fingerprint density at radius 3 is 2.25 bits per heavy atom. The number of hydrogen-bond acceptors (Lipinski definition) is 4. The summed E-state index contributed by atoms with van der Waals surface area (Å²) in [5, 5.41) is 2.87. The molecule has 0 heterocycles. The van der Waals surface area contributed by atoms with E-state index < -0.39 is 15.4 Å². The van der Waals surface area contributed by atoms with Gasteiger partial charge in [0.15, 0.2) is 9.84 Å². The molecule has 20 heavy (non-hydrogen) atoms. The van der Waals surface area contributed by atoms with Crippen molar-refractivity contribution in [2.45, 2.75) is 30.7 Å². The van der Waals surface area contributed by atoms with Crippen LogP contribution in [0.15, 0.2) is 29.2 Å². The number of carbonyl (C=O) groups is 1. The van der Waals surface area contributed by atoms with Crippen molar-refractivity contribution in [1.29, 1.82) is 0 Å². The molecule has 0 radical (unpaired) electrons. The quantitative estimate of drug-likeness (QED) is 0.856. The fourth-order valence-electron chi connectivity index (χ4n) is 1.86. The van der Waals surface area contributed by atoms with E-state index in [1.54, 1.807) is 19.2 Å². The highest BCUT2D eigenvalue weighted by molar-refractivity contribution is 7.90. The minimum absolute atomic E-state index is 0.126. The van der Waals surface area contributed by atoms with Gasteiger partial charge in [-0.2, -0.15) is 0 Å². The van der Waals surface area contributed by atoms with Gasteiger partial charge in [0.05, 0.1) is 23.5 Å². The number of rotatable bonds is 6. The first-order valence-electron chi connectivity index (χ1n) is 6.23. The maximum atomic E-state index is 11.9. The fraction of sp³-hybridized carbons (Fsp3) is 0.500. The Labute approximate surface area is 120 Å². The van der Waals surface area contributed by atoms with Crippen LogP contribution in [0.3, 0.4) is 0 Å². The van der Waals surface area contributed by atoms with Gasteiger partial charge in [0.2, 0.25) is 5.91 Å². The third kappa shape index (κ3) is 5.30. The Hall–Kier alpha value is -1.40. The van der Waals surface area contributed by atoms with Crippen molar-refractivity contribution >= 4 is 15.7 Å². The van der Waals surface area contributed by atoms with Gasteiger partial charge in [0.25, 0.3) is 0 Å². The van der Waals surface area contributed by atoms with Crippen molar-refractivity contribution < 1.29 is 17.9 Å². The molecule has 0 saturated heterocycles. The number of benzene rings is 1. The molecule has 112 valence electrons. The van der Waals surface area contributed by atoms with Gasteiger partial charge in [-0.3, -0.25) is 4.79 Å². The van der Waals surface area contributed by atoms with E-state index in [4.69, 9.17) is 4.74 Å². The normalized spacial score (nSPS) is 12.2. The third-order valence-corrected chi connectivity index (χ3v) is 3.83. The molecule has 0 fully saturated rings. The molecule has 0 aliphatic rings. The topological polar surface area (TPSA) is 72.5 Å². The van der Waals surface area contributed by atoms with Gasteiger partial charge in [0.1, 0.15) is 0 Å². The second-order valence-electron chi connectivity index (χ2n) is 5.46.